The molecule has 0 atom stereocenters. The van der Waals surface area contributed by atoms with Crippen molar-refractivity contribution in [2.45, 2.75) is 20.5 Å². The molecule has 0 radical (unpaired) electrons. The SMILES string of the molecule is CC=CC(=O)Nc1ccccc1COCC. The van der Waals surface area contributed by atoms with Gasteiger partial charge in [-0.2, -0.15) is 0 Å². The number of anilines is 1. The van der Waals surface area contributed by atoms with Crippen LogP contribution in [0.3, 0.4) is 0 Å². The van der Waals surface area contributed by atoms with Crippen molar-refractivity contribution in [3.8, 4) is 0 Å². The molecule has 16 heavy (non-hydrogen) atoms. The highest BCUT2D eigenvalue weighted by molar-refractivity contribution is 5.99. The summed E-state index contributed by atoms with van der Waals surface area (Å²) < 4.78 is 5.33. The Morgan fingerprint density at radius 2 is 2.19 bits per heavy atom. The van der Waals surface area contributed by atoms with Gasteiger partial charge in [0.1, 0.15) is 0 Å². The number of benzene rings is 1. The summed E-state index contributed by atoms with van der Waals surface area (Å²) in [6.07, 6.45) is 3.21. The molecule has 0 bridgehead atoms. The number of hydrogen-bond acceptors (Lipinski definition) is 2. The third kappa shape index (κ3) is 3.87. The van der Waals surface area contributed by atoms with E-state index in [1.165, 1.54) is 6.08 Å². The van der Waals surface area contributed by atoms with Gasteiger partial charge in [-0.05, 0) is 26.0 Å². The monoisotopic (exact) mass is 219 g/mol. The number of carbonyl (C=O) groups excluding carboxylic acids is 1. The fraction of sp³-hybridized carbons (Fsp3) is 0.308. The lowest BCUT2D eigenvalue weighted by Crippen LogP contribution is -2.10. The highest BCUT2D eigenvalue weighted by Gasteiger charge is 2.03. The van der Waals surface area contributed by atoms with Crippen LogP contribution in [-0.2, 0) is 16.1 Å². The quantitative estimate of drug-likeness (QED) is 0.773. The predicted octanol–water partition coefficient (Wildman–Crippen LogP) is 2.74. The Hall–Kier alpha value is -1.61. The molecule has 1 aromatic rings. The molecule has 0 spiro atoms. The van der Waals surface area contributed by atoms with E-state index in [2.05, 4.69) is 5.32 Å². The number of rotatable bonds is 5. The van der Waals surface area contributed by atoms with Gasteiger partial charge in [-0.15, -0.1) is 0 Å². The molecule has 0 aromatic heterocycles. The molecule has 1 N–H and O–H groups in total. The number of hydrogen-bond donors (Lipinski definition) is 1. The molecular formula is C13H17NO2. The standard InChI is InChI=1S/C13H17NO2/c1-3-7-13(15)14-12-9-6-5-8-11(12)10-16-4-2/h3,5-9H,4,10H2,1-2H3,(H,14,15). The Kier molecular flexibility index (Phi) is 5.29. The Labute approximate surface area is 96.1 Å². The van der Waals surface area contributed by atoms with E-state index in [0.29, 0.717) is 13.2 Å². The highest BCUT2D eigenvalue weighted by atomic mass is 16.5. The van der Waals surface area contributed by atoms with Gasteiger partial charge in [0, 0.05) is 17.9 Å². The van der Waals surface area contributed by atoms with Gasteiger partial charge in [-0.25, -0.2) is 0 Å². The number of allylic oxidation sites excluding steroid dienone is 1. The molecule has 0 aliphatic carbocycles. The molecule has 0 aliphatic rings. The largest absolute Gasteiger partial charge is 0.377 e. The second-order valence-electron chi connectivity index (χ2n) is 3.28. The van der Waals surface area contributed by atoms with Crippen molar-refractivity contribution in [3.05, 3.63) is 42.0 Å². The van der Waals surface area contributed by atoms with Gasteiger partial charge < -0.3 is 10.1 Å². The molecule has 0 unspecified atom stereocenters. The maximum Gasteiger partial charge on any atom is 0.248 e. The van der Waals surface area contributed by atoms with Crippen LogP contribution in [0.1, 0.15) is 19.4 Å². The third-order valence-corrected chi connectivity index (χ3v) is 2.05. The molecule has 1 aromatic carbocycles. The van der Waals surface area contributed by atoms with E-state index >= 15 is 0 Å². The minimum absolute atomic E-state index is 0.119. The molecule has 86 valence electrons. The molecule has 1 amide bonds. The van der Waals surface area contributed by atoms with Crippen molar-refractivity contribution in [2.24, 2.45) is 0 Å². The average molecular weight is 219 g/mol. The molecule has 0 saturated carbocycles. The van der Waals surface area contributed by atoms with Crippen molar-refractivity contribution in [3.63, 3.8) is 0 Å². The maximum absolute atomic E-state index is 11.4. The van der Waals surface area contributed by atoms with Crippen molar-refractivity contribution in [1.29, 1.82) is 0 Å². The van der Waals surface area contributed by atoms with E-state index < -0.39 is 0 Å². The lowest BCUT2D eigenvalue weighted by atomic mass is 10.2. The first-order chi connectivity index (χ1) is 7.77. The van der Waals surface area contributed by atoms with E-state index in [1.807, 2.05) is 38.1 Å². The second-order valence-corrected chi connectivity index (χ2v) is 3.28. The van der Waals surface area contributed by atoms with Crippen LogP contribution in [0.25, 0.3) is 0 Å². The topological polar surface area (TPSA) is 38.3 Å². The van der Waals surface area contributed by atoms with Crippen molar-refractivity contribution in [2.75, 3.05) is 11.9 Å². The Bertz CT molecular complexity index is 372. The minimum atomic E-state index is -0.119. The van der Waals surface area contributed by atoms with Crippen LogP contribution in [0.4, 0.5) is 5.69 Å². The number of para-hydroxylation sites is 1. The Morgan fingerprint density at radius 3 is 2.88 bits per heavy atom. The number of amides is 1. The zero-order valence-corrected chi connectivity index (χ0v) is 9.69. The maximum atomic E-state index is 11.4. The van der Waals surface area contributed by atoms with Crippen LogP contribution in [0.5, 0.6) is 0 Å². The number of ether oxygens (including phenoxy) is 1. The van der Waals surface area contributed by atoms with E-state index in [4.69, 9.17) is 4.74 Å². The molecule has 0 fully saturated rings. The van der Waals surface area contributed by atoms with Crippen molar-refractivity contribution >= 4 is 11.6 Å². The summed E-state index contributed by atoms with van der Waals surface area (Å²) in [5.74, 6) is -0.119. The zero-order chi connectivity index (χ0) is 11.8. The van der Waals surface area contributed by atoms with Gasteiger partial charge in [0.25, 0.3) is 0 Å². The molecule has 3 heteroatoms. The van der Waals surface area contributed by atoms with Crippen LogP contribution in [-0.4, -0.2) is 12.5 Å². The Balaban J connectivity index is 2.74. The van der Waals surface area contributed by atoms with Crippen LogP contribution in [0.15, 0.2) is 36.4 Å². The lowest BCUT2D eigenvalue weighted by Gasteiger charge is -2.09. The molecular weight excluding hydrogens is 202 g/mol. The van der Waals surface area contributed by atoms with Crippen LogP contribution >= 0.6 is 0 Å². The normalized spacial score (nSPS) is 10.6. The molecule has 0 heterocycles. The molecule has 3 nitrogen and oxygen atoms in total. The first kappa shape index (κ1) is 12.5. The summed E-state index contributed by atoms with van der Waals surface area (Å²) in [6, 6.07) is 7.64. The Morgan fingerprint density at radius 1 is 1.44 bits per heavy atom. The lowest BCUT2D eigenvalue weighted by molar-refractivity contribution is -0.111. The van der Waals surface area contributed by atoms with E-state index in [1.54, 1.807) is 6.08 Å². The van der Waals surface area contributed by atoms with Crippen LogP contribution in [0, 0.1) is 0 Å². The summed E-state index contributed by atoms with van der Waals surface area (Å²) in [4.78, 5) is 11.4. The minimum Gasteiger partial charge on any atom is -0.377 e. The van der Waals surface area contributed by atoms with Gasteiger partial charge in [0.2, 0.25) is 5.91 Å². The fourth-order valence-electron chi connectivity index (χ4n) is 1.31. The predicted molar refractivity (Wildman–Crippen MR) is 65.2 cm³/mol. The first-order valence-electron chi connectivity index (χ1n) is 5.37. The van der Waals surface area contributed by atoms with Crippen LogP contribution in [0.2, 0.25) is 0 Å². The zero-order valence-electron chi connectivity index (χ0n) is 9.69. The third-order valence-electron chi connectivity index (χ3n) is 2.05. The number of carbonyl (C=O) groups is 1. The van der Waals surface area contributed by atoms with Gasteiger partial charge in [-0.3, -0.25) is 4.79 Å². The summed E-state index contributed by atoms with van der Waals surface area (Å²) in [7, 11) is 0. The summed E-state index contributed by atoms with van der Waals surface area (Å²) in [5, 5.41) is 2.81. The van der Waals surface area contributed by atoms with Gasteiger partial charge in [-0.1, -0.05) is 24.3 Å². The first-order valence-corrected chi connectivity index (χ1v) is 5.37. The van der Waals surface area contributed by atoms with Crippen molar-refractivity contribution < 1.29 is 9.53 Å². The fourth-order valence-corrected chi connectivity index (χ4v) is 1.31. The summed E-state index contributed by atoms with van der Waals surface area (Å²) in [6.45, 7) is 4.94. The highest BCUT2D eigenvalue weighted by Crippen LogP contribution is 2.15. The summed E-state index contributed by atoms with van der Waals surface area (Å²) >= 11 is 0. The van der Waals surface area contributed by atoms with E-state index in [0.717, 1.165) is 11.3 Å². The average Bonchev–Trinajstić information content (AvgIpc) is 2.28. The smallest absolute Gasteiger partial charge is 0.248 e. The van der Waals surface area contributed by atoms with Gasteiger partial charge in [0.05, 0.1) is 6.61 Å². The van der Waals surface area contributed by atoms with E-state index in [9.17, 15) is 4.79 Å². The van der Waals surface area contributed by atoms with E-state index in [-0.39, 0.29) is 5.91 Å². The van der Waals surface area contributed by atoms with Crippen molar-refractivity contribution in [1.82, 2.24) is 0 Å². The molecule has 1 rings (SSSR count). The molecule has 0 aliphatic heterocycles. The van der Waals surface area contributed by atoms with Crippen LogP contribution < -0.4 is 5.32 Å². The second kappa shape index (κ2) is 6.80. The van der Waals surface area contributed by atoms with Gasteiger partial charge in [0.15, 0.2) is 0 Å². The van der Waals surface area contributed by atoms with Gasteiger partial charge >= 0.3 is 0 Å². The summed E-state index contributed by atoms with van der Waals surface area (Å²) in [5.41, 5.74) is 1.79. The number of nitrogens with one attached hydrogen (secondary N) is 1. The molecule has 0 saturated heterocycles.